The lowest BCUT2D eigenvalue weighted by Gasteiger charge is -2.27. The number of nitrogens with zero attached hydrogens (tertiary/aromatic N) is 5. The molecular weight excluding hydrogens is 322 g/mol. The zero-order valence-corrected chi connectivity index (χ0v) is 13.7. The molecule has 2 aromatic heterocycles. The molecule has 2 saturated heterocycles. The van der Waals surface area contributed by atoms with Crippen molar-refractivity contribution in [3.05, 3.63) is 5.28 Å². The fraction of sp³-hybridized carbons (Fsp3) is 0.571. The quantitative estimate of drug-likeness (QED) is 0.785. The minimum atomic E-state index is 0.220. The second-order valence-electron chi connectivity index (χ2n) is 5.69. The predicted octanol–water partition coefficient (Wildman–Crippen LogP) is 2.51. The van der Waals surface area contributed by atoms with Crippen LogP contribution in [0.15, 0.2) is 0 Å². The van der Waals surface area contributed by atoms with Crippen molar-refractivity contribution in [1.29, 1.82) is 0 Å². The average molecular weight is 338 g/mol. The normalized spacial score (nSPS) is 19.4. The smallest absolute Gasteiger partial charge is 0.226 e. The summed E-state index contributed by atoms with van der Waals surface area (Å²) in [5, 5.41) is 1.22. The van der Waals surface area contributed by atoms with E-state index in [1.807, 2.05) is 0 Å². The highest BCUT2D eigenvalue weighted by Crippen LogP contribution is 2.36. The Balaban J connectivity index is 1.74. The average Bonchev–Trinajstić information content (AvgIpc) is 3.15. The van der Waals surface area contributed by atoms with Crippen molar-refractivity contribution in [3.63, 3.8) is 0 Å². The van der Waals surface area contributed by atoms with E-state index < -0.39 is 0 Å². The molecule has 2 aliphatic rings. The number of halogens is 1. The van der Waals surface area contributed by atoms with E-state index in [9.17, 15) is 4.79 Å². The van der Waals surface area contributed by atoms with Crippen LogP contribution in [0.4, 0.5) is 10.9 Å². The van der Waals surface area contributed by atoms with E-state index in [1.54, 1.807) is 11.3 Å². The maximum absolute atomic E-state index is 11.4. The van der Waals surface area contributed by atoms with Crippen LogP contribution in [0.1, 0.15) is 25.7 Å². The molecule has 22 heavy (non-hydrogen) atoms. The number of hydrogen-bond donors (Lipinski definition) is 0. The van der Waals surface area contributed by atoms with Crippen molar-refractivity contribution >= 4 is 50.0 Å². The molecule has 8 heteroatoms. The number of Topliss-reactive ketones (excluding diaryl/α,β-unsaturated/α-hetero) is 1. The van der Waals surface area contributed by atoms with Crippen molar-refractivity contribution in [2.45, 2.75) is 25.7 Å². The number of ketones is 1. The van der Waals surface area contributed by atoms with Crippen LogP contribution in [0.25, 0.3) is 10.3 Å². The molecule has 0 bridgehead atoms. The Kier molecular flexibility index (Phi) is 3.62. The molecule has 0 aliphatic carbocycles. The highest BCUT2D eigenvalue weighted by atomic mass is 35.5. The summed E-state index contributed by atoms with van der Waals surface area (Å²) in [6, 6.07) is 0. The van der Waals surface area contributed by atoms with Gasteiger partial charge in [-0.3, -0.25) is 4.79 Å². The first-order chi connectivity index (χ1) is 10.7. The minimum absolute atomic E-state index is 0.220. The van der Waals surface area contributed by atoms with Gasteiger partial charge in [-0.15, -0.1) is 0 Å². The maximum atomic E-state index is 11.4. The zero-order chi connectivity index (χ0) is 15.1. The number of thiazole rings is 1. The monoisotopic (exact) mass is 337 g/mol. The molecule has 0 N–H and O–H groups in total. The molecule has 0 atom stereocenters. The second-order valence-corrected chi connectivity index (χ2v) is 7.00. The van der Waals surface area contributed by atoms with Crippen LogP contribution in [-0.2, 0) is 4.79 Å². The van der Waals surface area contributed by atoms with E-state index in [0.717, 1.165) is 28.7 Å². The molecule has 116 valence electrons. The summed E-state index contributed by atoms with van der Waals surface area (Å²) in [6.45, 7) is 3.49. The SMILES string of the molecule is O=C1CCN(c2nc(Cl)nc3nc(N4CCCC4)sc23)CC1. The van der Waals surface area contributed by atoms with Crippen LogP contribution in [0.2, 0.25) is 5.28 Å². The lowest BCUT2D eigenvalue weighted by atomic mass is 10.1. The van der Waals surface area contributed by atoms with Crippen LogP contribution in [0.3, 0.4) is 0 Å². The van der Waals surface area contributed by atoms with Crippen LogP contribution in [0.5, 0.6) is 0 Å². The Bertz CT molecular complexity index is 717. The van der Waals surface area contributed by atoms with Gasteiger partial charge in [-0.25, -0.2) is 0 Å². The number of carbonyl (C=O) groups is 1. The summed E-state index contributed by atoms with van der Waals surface area (Å²) in [4.78, 5) is 29.2. The zero-order valence-electron chi connectivity index (χ0n) is 12.1. The molecule has 2 aliphatic heterocycles. The summed E-state index contributed by atoms with van der Waals surface area (Å²) in [5.41, 5.74) is 0.666. The van der Waals surface area contributed by atoms with Gasteiger partial charge in [0.05, 0.1) is 0 Å². The molecule has 2 fully saturated rings. The minimum Gasteiger partial charge on any atom is -0.354 e. The van der Waals surface area contributed by atoms with Crippen LogP contribution in [-0.4, -0.2) is 46.9 Å². The first-order valence-electron chi connectivity index (χ1n) is 7.56. The Morgan fingerprint density at radius 3 is 2.41 bits per heavy atom. The van der Waals surface area contributed by atoms with E-state index in [1.165, 1.54) is 12.8 Å². The topological polar surface area (TPSA) is 62.2 Å². The second kappa shape index (κ2) is 5.62. The summed E-state index contributed by atoms with van der Waals surface area (Å²) < 4.78 is 0.973. The first kappa shape index (κ1) is 14.1. The lowest BCUT2D eigenvalue weighted by Crippen LogP contribution is -2.34. The number of anilines is 2. The molecule has 0 amide bonds. The third-order valence-electron chi connectivity index (χ3n) is 4.19. The van der Waals surface area contributed by atoms with Gasteiger partial charge in [-0.2, -0.15) is 15.0 Å². The molecule has 6 nitrogen and oxygen atoms in total. The third-order valence-corrected chi connectivity index (χ3v) is 5.46. The standard InChI is InChI=1S/C14H16ClN5OS/c15-13-16-11-10(22-14(17-11)20-5-1-2-6-20)12(18-13)19-7-3-9(21)4-8-19/h1-8H2. The number of fused-ring (bicyclic) bond motifs is 1. The highest BCUT2D eigenvalue weighted by Gasteiger charge is 2.24. The largest absolute Gasteiger partial charge is 0.354 e. The van der Waals surface area contributed by atoms with Gasteiger partial charge in [0.25, 0.3) is 0 Å². The van der Waals surface area contributed by atoms with Crippen molar-refractivity contribution in [1.82, 2.24) is 15.0 Å². The van der Waals surface area contributed by atoms with Crippen LogP contribution < -0.4 is 9.80 Å². The van der Waals surface area contributed by atoms with Gasteiger partial charge in [0.1, 0.15) is 10.5 Å². The van der Waals surface area contributed by atoms with E-state index in [-0.39, 0.29) is 5.28 Å². The summed E-state index contributed by atoms with van der Waals surface area (Å²) >= 11 is 7.70. The van der Waals surface area contributed by atoms with Gasteiger partial charge in [0, 0.05) is 39.0 Å². The third kappa shape index (κ3) is 2.52. The Labute approximate surface area is 137 Å². The highest BCUT2D eigenvalue weighted by molar-refractivity contribution is 7.22. The molecular formula is C14H16ClN5OS. The molecule has 2 aromatic rings. The number of rotatable bonds is 2. The summed E-state index contributed by atoms with van der Waals surface area (Å²) in [6.07, 6.45) is 3.56. The van der Waals surface area contributed by atoms with Gasteiger partial charge < -0.3 is 9.80 Å². The molecule has 4 heterocycles. The van der Waals surface area contributed by atoms with Gasteiger partial charge in [0.15, 0.2) is 16.6 Å². The van der Waals surface area contributed by atoms with Gasteiger partial charge in [-0.1, -0.05) is 11.3 Å². The molecule has 4 rings (SSSR count). The molecule has 0 aromatic carbocycles. The fourth-order valence-corrected chi connectivity index (χ4v) is 4.23. The van der Waals surface area contributed by atoms with Gasteiger partial charge in [-0.05, 0) is 24.4 Å². The van der Waals surface area contributed by atoms with E-state index in [2.05, 4.69) is 24.8 Å². The van der Waals surface area contributed by atoms with Crippen LogP contribution >= 0.6 is 22.9 Å². The maximum Gasteiger partial charge on any atom is 0.226 e. The van der Waals surface area contributed by atoms with Gasteiger partial charge >= 0.3 is 0 Å². The first-order valence-corrected chi connectivity index (χ1v) is 8.76. The van der Waals surface area contributed by atoms with E-state index in [4.69, 9.17) is 11.6 Å². The summed E-state index contributed by atoms with van der Waals surface area (Å²) in [7, 11) is 0. The number of hydrogen-bond acceptors (Lipinski definition) is 7. The van der Waals surface area contributed by atoms with Crippen molar-refractivity contribution in [2.24, 2.45) is 0 Å². The Morgan fingerprint density at radius 2 is 1.68 bits per heavy atom. The van der Waals surface area contributed by atoms with Gasteiger partial charge in [0.2, 0.25) is 5.28 Å². The number of carbonyl (C=O) groups excluding carboxylic acids is 1. The Morgan fingerprint density at radius 1 is 0.955 bits per heavy atom. The molecule has 0 spiro atoms. The van der Waals surface area contributed by atoms with E-state index >= 15 is 0 Å². The predicted molar refractivity (Wildman–Crippen MR) is 88.1 cm³/mol. The number of aromatic nitrogens is 3. The van der Waals surface area contributed by atoms with Crippen LogP contribution in [0, 0.1) is 0 Å². The molecule has 0 radical (unpaired) electrons. The van der Waals surface area contributed by atoms with E-state index in [0.29, 0.717) is 37.4 Å². The number of piperidine rings is 1. The van der Waals surface area contributed by atoms with Crippen molar-refractivity contribution in [2.75, 3.05) is 36.0 Å². The summed E-state index contributed by atoms with van der Waals surface area (Å²) in [5.74, 6) is 1.14. The lowest BCUT2D eigenvalue weighted by molar-refractivity contribution is -0.119. The Hall–Kier alpha value is -1.47. The molecule has 0 saturated carbocycles. The molecule has 0 unspecified atom stereocenters. The fourth-order valence-electron chi connectivity index (χ4n) is 3.00. The van der Waals surface area contributed by atoms with Crippen molar-refractivity contribution < 1.29 is 4.79 Å². The van der Waals surface area contributed by atoms with Crippen molar-refractivity contribution in [3.8, 4) is 0 Å².